The summed E-state index contributed by atoms with van der Waals surface area (Å²) in [6.45, 7) is 5.97. The van der Waals surface area contributed by atoms with Crippen LogP contribution in [0.5, 0.6) is 0 Å². The number of H-pyrrole nitrogens is 1. The first-order chi connectivity index (χ1) is 9.75. The summed E-state index contributed by atoms with van der Waals surface area (Å²) in [6, 6.07) is 1.98. The van der Waals surface area contributed by atoms with Crippen LogP contribution in [0.25, 0.3) is 11.0 Å². The van der Waals surface area contributed by atoms with Crippen LogP contribution in [0.4, 0.5) is 5.82 Å². The zero-order valence-electron chi connectivity index (χ0n) is 11.7. The highest BCUT2D eigenvalue weighted by molar-refractivity contribution is 5.86. The summed E-state index contributed by atoms with van der Waals surface area (Å²) in [4.78, 5) is 15.9. The second kappa shape index (κ2) is 5.32. The molecule has 0 aromatic carbocycles. The van der Waals surface area contributed by atoms with Crippen LogP contribution in [0.1, 0.15) is 25.6 Å². The van der Waals surface area contributed by atoms with Crippen molar-refractivity contribution in [3.63, 3.8) is 0 Å². The van der Waals surface area contributed by atoms with Gasteiger partial charge in [-0.25, -0.2) is 15.0 Å². The molecular weight excluding hydrogens is 252 g/mol. The van der Waals surface area contributed by atoms with E-state index < -0.39 is 0 Å². The highest BCUT2D eigenvalue weighted by Gasteiger charge is 2.07. The summed E-state index contributed by atoms with van der Waals surface area (Å²) in [5, 5.41) is 4.37. The van der Waals surface area contributed by atoms with Crippen LogP contribution in [0.15, 0.2) is 31.0 Å². The zero-order valence-corrected chi connectivity index (χ0v) is 11.7. The van der Waals surface area contributed by atoms with E-state index in [1.807, 2.05) is 24.7 Å². The number of rotatable bonds is 5. The van der Waals surface area contributed by atoms with Gasteiger partial charge in [-0.3, -0.25) is 0 Å². The molecule has 0 unspecified atom stereocenters. The molecule has 3 rings (SSSR count). The third-order valence-corrected chi connectivity index (χ3v) is 3.26. The van der Waals surface area contributed by atoms with Crippen molar-refractivity contribution < 1.29 is 0 Å². The van der Waals surface area contributed by atoms with Gasteiger partial charge in [-0.15, -0.1) is 0 Å². The molecule has 0 bridgehead atoms. The molecule has 0 atom stereocenters. The molecule has 0 fully saturated rings. The zero-order chi connectivity index (χ0) is 13.9. The molecule has 3 aromatic heterocycles. The Labute approximate surface area is 117 Å². The molecule has 3 heterocycles. The summed E-state index contributed by atoms with van der Waals surface area (Å²) in [5.74, 6) is 2.41. The maximum atomic E-state index is 4.39. The third kappa shape index (κ3) is 2.36. The molecule has 20 heavy (non-hydrogen) atoms. The van der Waals surface area contributed by atoms with Crippen molar-refractivity contribution in [3.8, 4) is 0 Å². The topological polar surface area (TPSA) is 71.4 Å². The number of anilines is 1. The molecule has 6 heteroatoms. The molecule has 2 N–H and O–H groups in total. The fraction of sp³-hybridized carbons (Fsp3) is 0.357. The van der Waals surface area contributed by atoms with Crippen molar-refractivity contribution in [1.82, 2.24) is 24.5 Å². The lowest BCUT2D eigenvalue weighted by Crippen LogP contribution is -2.13. The van der Waals surface area contributed by atoms with Gasteiger partial charge in [0.25, 0.3) is 0 Å². The Kier molecular flexibility index (Phi) is 3.37. The van der Waals surface area contributed by atoms with Gasteiger partial charge in [-0.05, 0) is 6.07 Å². The van der Waals surface area contributed by atoms with E-state index in [1.165, 1.54) is 0 Å². The smallest absolute Gasteiger partial charge is 0.142 e. The number of hydrogen-bond acceptors (Lipinski definition) is 4. The molecule has 0 radical (unpaired) electrons. The SMILES string of the molecule is CC(C)c1nccn1CCNc1ncnc2[nH]ccc12. The highest BCUT2D eigenvalue weighted by Crippen LogP contribution is 2.17. The Balaban J connectivity index is 1.68. The molecule has 0 saturated carbocycles. The summed E-state index contributed by atoms with van der Waals surface area (Å²) in [6.07, 6.45) is 7.31. The quantitative estimate of drug-likeness (QED) is 0.746. The lowest BCUT2D eigenvalue weighted by molar-refractivity contribution is 0.636. The average molecular weight is 270 g/mol. The van der Waals surface area contributed by atoms with Gasteiger partial charge >= 0.3 is 0 Å². The number of nitrogens with one attached hydrogen (secondary N) is 2. The van der Waals surface area contributed by atoms with Crippen molar-refractivity contribution in [2.75, 3.05) is 11.9 Å². The Morgan fingerprint density at radius 1 is 1.30 bits per heavy atom. The number of fused-ring (bicyclic) bond motifs is 1. The van der Waals surface area contributed by atoms with Gasteiger partial charge in [0.05, 0.1) is 5.39 Å². The summed E-state index contributed by atoms with van der Waals surface area (Å²) in [7, 11) is 0. The first kappa shape index (κ1) is 12.7. The maximum Gasteiger partial charge on any atom is 0.142 e. The van der Waals surface area contributed by atoms with Crippen molar-refractivity contribution in [3.05, 3.63) is 36.8 Å². The van der Waals surface area contributed by atoms with E-state index in [0.29, 0.717) is 5.92 Å². The number of aromatic amines is 1. The van der Waals surface area contributed by atoms with Crippen LogP contribution in [0.3, 0.4) is 0 Å². The number of nitrogens with zero attached hydrogens (tertiary/aromatic N) is 4. The van der Waals surface area contributed by atoms with E-state index in [2.05, 4.69) is 43.7 Å². The summed E-state index contributed by atoms with van der Waals surface area (Å²) >= 11 is 0. The van der Waals surface area contributed by atoms with Crippen molar-refractivity contribution in [1.29, 1.82) is 0 Å². The molecule has 0 aliphatic carbocycles. The van der Waals surface area contributed by atoms with Gasteiger partial charge in [0.1, 0.15) is 23.6 Å². The largest absolute Gasteiger partial charge is 0.368 e. The Morgan fingerprint density at radius 3 is 3.05 bits per heavy atom. The van der Waals surface area contributed by atoms with Gasteiger partial charge < -0.3 is 14.9 Å². The van der Waals surface area contributed by atoms with E-state index in [-0.39, 0.29) is 0 Å². The predicted molar refractivity (Wildman–Crippen MR) is 78.7 cm³/mol. The van der Waals surface area contributed by atoms with Crippen molar-refractivity contribution >= 4 is 16.9 Å². The van der Waals surface area contributed by atoms with Gasteiger partial charge in [0.2, 0.25) is 0 Å². The molecule has 0 amide bonds. The van der Waals surface area contributed by atoms with Crippen LogP contribution in [-0.2, 0) is 6.54 Å². The molecule has 104 valence electrons. The Morgan fingerprint density at radius 2 is 2.20 bits per heavy atom. The molecule has 6 nitrogen and oxygen atoms in total. The molecule has 3 aromatic rings. The third-order valence-electron chi connectivity index (χ3n) is 3.26. The van der Waals surface area contributed by atoms with E-state index in [9.17, 15) is 0 Å². The lowest BCUT2D eigenvalue weighted by Gasteiger charge is -2.11. The molecule has 0 aliphatic rings. The molecule has 0 spiro atoms. The molecule has 0 saturated heterocycles. The van der Waals surface area contributed by atoms with Crippen LogP contribution in [0, 0.1) is 0 Å². The van der Waals surface area contributed by atoms with Crippen molar-refractivity contribution in [2.24, 2.45) is 0 Å². The van der Waals surface area contributed by atoms with Crippen LogP contribution < -0.4 is 5.32 Å². The summed E-state index contributed by atoms with van der Waals surface area (Å²) in [5.41, 5.74) is 0.855. The normalized spacial score (nSPS) is 11.3. The predicted octanol–water partition coefficient (Wildman–Crippen LogP) is 2.39. The van der Waals surface area contributed by atoms with E-state index >= 15 is 0 Å². The minimum Gasteiger partial charge on any atom is -0.368 e. The lowest BCUT2D eigenvalue weighted by atomic mass is 10.2. The second-order valence-corrected chi connectivity index (χ2v) is 5.02. The van der Waals surface area contributed by atoms with Gasteiger partial charge in [-0.2, -0.15) is 0 Å². The van der Waals surface area contributed by atoms with E-state index in [0.717, 1.165) is 35.8 Å². The average Bonchev–Trinajstić information content (AvgIpc) is 3.07. The monoisotopic (exact) mass is 270 g/mol. The van der Waals surface area contributed by atoms with Gasteiger partial charge in [-0.1, -0.05) is 13.8 Å². The summed E-state index contributed by atoms with van der Waals surface area (Å²) < 4.78 is 2.17. The molecular formula is C14H18N6. The second-order valence-electron chi connectivity index (χ2n) is 5.02. The number of imidazole rings is 1. The van der Waals surface area contributed by atoms with Gasteiger partial charge in [0, 0.05) is 37.6 Å². The standard InChI is InChI=1S/C14H18N6/c1-10(2)14-17-6-8-20(14)7-5-16-13-11-3-4-15-12(11)18-9-19-13/h3-4,6,8-10H,5,7H2,1-2H3,(H2,15,16,18,19). The number of hydrogen-bond donors (Lipinski definition) is 2. The maximum absolute atomic E-state index is 4.39. The van der Waals surface area contributed by atoms with Crippen LogP contribution in [-0.4, -0.2) is 31.0 Å². The first-order valence-electron chi connectivity index (χ1n) is 6.78. The Hall–Kier alpha value is -2.37. The first-order valence-corrected chi connectivity index (χ1v) is 6.78. The van der Waals surface area contributed by atoms with Crippen molar-refractivity contribution in [2.45, 2.75) is 26.3 Å². The van der Waals surface area contributed by atoms with E-state index in [4.69, 9.17) is 0 Å². The Bertz CT molecular complexity index is 696. The van der Waals surface area contributed by atoms with Crippen LogP contribution >= 0.6 is 0 Å². The minimum atomic E-state index is 0.431. The number of aromatic nitrogens is 5. The van der Waals surface area contributed by atoms with Gasteiger partial charge in [0.15, 0.2) is 0 Å². The fourth-order valence-corrected chi connectivity index (χ4v) is 2.32. The minimum absolute atomic E-state index is 0.431. The fourth-order valence-electron chi connectivity index (χ4n) is 2.32. The molecule has 0 aliphatic heterocycles. The van der Waals surface area contributed by atoms with Crippen LogP contribution in [0.2, 0.25) is 0 Å². The highest BCUT2D eigenvalue weighted by atomic mass is 15.1. The van der Waals surface area contributed by atoms with E-state index in [1.54, 1.807) is 6.33 Å².